The summed E-state index contributed by atoms with van der Waals surface area (Å²) in [6.45, 7) is 0.420. The molecule has 3 rings (SSSR count). The first-order valence-electron chi connectivity index (χ1n) is 6.69. The van der Waals surface area contributed by atoms with Crippen LogP contribution < -0.4 is 5.32 Å². The van der Waals surface area contributed by atoms with Gasteiger partial charge in [0.15, 0.2) is 0 Å². The Balaban J connectivity index is 1.73. The van der Waals surface area contributed by atoms with Crippen LogP contribution in [0.25, 0.3) is 10.4 Å². The van der Waals surface area contributed by atoms with Gasteiger partial charge in [0.1, 0.15) is 0 Å². The van der Waals surface area contributed by atoms with Crippen LogP contribution in [0, 0.1) is 10.1 Å². The third-order valence-electron chi connectivity index (χ3n) is 3.24. The maximum atomic E-state index is 11.0. The Morgan fingerprint density at radius 1 is 1.18 bits per heavy atom. The Hall–Kier alpha value is -2.73. The highest BCUT2D eigenvalue weighted by atomic mass is 32.1. The molecular weight excluding hydrogens is 298 g/mol. The number of rotatable bonds is 5. The summed E-state index contributed by atoms with van der Waals surface area (Å²) >= 11 is 1.62. The molecule has 0 spiro atoms. The van der Waals surface area contributed by atoms with Crippen LogP contribution in [0.3, 0.4) is 0 Å². The molecular formula is C16H13N3O2S. The number of anilines is 1. The van der Waals surface area contributed by atoms with Crippen molar-refractivity contribution in [2.45, 2.75) is 6.54 Å². The SMILES string of the molecule is O=[N+]([O-])c1ccccc1CNc1csc(-c2ccncc2)c1. The van der Waals surface area contributed by atoms with Gasteiger partial charge in [-0.15, -0.1) is 11.3 Å². The Morgan fingerprint density at radius 2 is 1.95 bits per heavy atom. The average molecular weight is 311 g/mol. The second-order valence-electron chi connectivity index (χ2n) is 4.67. The number of nitrogens with one attached hydrogen (secondary N) is 1. The van der Waals surface area contributed by atoms with Gasteiger partial charge in [0, 0.05) is 46.5 Å². The maximum absolute atomic E-state index is 11.0. The predicted molar refractivity (Wildman–Crippen MR) is 88.0 cm³/mol. The van der Waals surface area contributed by atoms with Gasteiger partial charge in [-0.25, -0.2) is 0 Å². The molecule has 22 heavy (non-hydrogen) atoms. The Kier molecular flexibility index (Phi) is 4.11. The van der Waals surface area contributed by atoms with Gasteiger partial charge < -0.3 is 5.32 Å². The first-order chi connectivity index (χ1) is 10.7. The van der Waals surface area contributed by atoms with Crippen molar-refractivity contribution in [1.82, 2.24) is 4.98 Å². The van der Waals surface area contributed by atoms with Crippen molar-refractivity contribution in [3.05, 3.63) is 75.9 Å². The maximum Gasteiger partial charge on any atom is 0.274 e. The monoisotopic (exact) mass is 311 g/mol. The lowest BCUT2D eigenvalue weighted by Gasteiger charge is -2.04. The molecule has 0 fully saturated rings. The van der Waals surface area contributed by atoms with E-state index in [9.17, 15) is 10.1 Å². The summed E-state index contributed by atoms with van der Waals surface area (Å²) in [5, 5.41) is 16.2. The van der Waals surface area contributed by atoms with Gasteiger partial charge in [0.2, 0.25) is 0 Å². The van der Waals surface area contributed by atoms with Crippen LogP contribution >= 0.6 is 11.3 Å². The van der Waals surface area contributed by atoms with Crippen molar-refractivity contribution in [2.24, 2.45) is 0 Å². The van der Waals surface area contributed by atoms with E-state index in [1.165, 1.54) is 6.07 Å². The number of nitro groups is 1. The predicted octanol–water partition coefficient (Wildman–Crippen LogP) is 4.33. The number of aromatic nitrogens is 1. The van der Waals surface area contributed by atoms with E-state index in [-0.39, 0.29) is 10.6 Å². The lowest BCUT2D eigenvalue weighted by molar-refractivity contribution is -0.385. The van der Waals surface area contributed by atoms with Crippen molar-refractivity contribution in [3.8, 4) is 10.4 Å². The highest BCUT2D eigenvalue weighted by Crippen LogP contribution is 2.30. The third-order valence-corrected chi connectivity index (χ3v) is 4.21. The minimum atomic E-state index is -0.354. The number of pyridine rings is 1. The molecule has 0 aliphatic carbocycles. The highest BCUT2D eigenvalue weighted by molar-refractivity contribution is 7.14. The molecule has 1 aromatic carbocycles. The van der Waals surface area contributed by atoms with E-state index in [1.807, 2.05) is 23.6 Å². The summed E-state index contributed by atoms with van der Waals surface area (Å²) in [6.07, 6.45) is 3.52. The van der Waals surface area contributed by atoms with Crippen molar-refractivity contribution in [1.29, 1.82) is 0 Å². The zero-order valence-corrected chi connectivity index (χ0v) is 12.4. The number of nitrogens with zero attached hydrogens (tertiary/aromatic N) is 2. The van der Waals surface area contributed by atoms with Crippen molar-refractivity contribution >= 4 is 22.7 Å². The number of thiophene rings is 1. The second-order valence-corrected chi connectivity index (χ2v) is 5.59. The van der Waals surface area contributed by atoms with E-state index >= 15 is 0 Å². The number of nitro benzene ring substituents is 1. The zero-order chi connectivity index (χ0) is 15.4. The molecule has 0 atom stereocenters. The van der Waals surface area contributed by atoms with Gasteiger partial charge in [-0.2, -0.15) is 0 Å². The van der Waals surface area contributed by atoms with Gasteiger partial charge in [-0.05, 0) is 23.8 Å². The highest BCUT2D eigenvalue weighted by Gasteiger charge is 2.12. The number of para-hydroxylation sites is 1. The first kappa shape index (κ1) is 14.2. The molecule has 0 radical (unpaired) electrons. The van der Waals surface area contributed by atoms with E-state index < -0.39 is 0 Å². The fourth-order valence-electron chi connectivity index (χ4n) is 2.13. The lowest BCUT2D eigenvalue weighted by atomic mass is 10.2. The van der Waals surface area contributed by atoms with E-state index in [2.05, 4.69) is 10.3 Å². The summed E-state index contributed by atoms with van der Waals surface area (Å²) in [6, 6.07) is 12.7. The summed E-state index contributed by atoms with van der Waals surface area (Å²) < 4.78 is 0. The van der Waals surface area contributed by atoms with E-state index in [4.69, 9.17) is 0 Å². The molecule has 0 aliphatic heterocycles. The first-order valence-corrected chi connectivity index (χ1v) is 7.57. The summed E-state index contributed by atoms with van der Waals surface area (Å²) in [5.41, 5.74) is 2.87. The lowest BCUT2D eigenvalue weighted by Crippen LogP contribution is -2.02. The van der Waals surface area contributed by atoms with Crippen LogP contribution in [0.15, 0.2) is 60.2 Å². The summed E-state index contributed by atoms with van der Waals surface area (Å²) in [7, 11) is 0. The fourth-order valence-corrected chi connectivity index (χ4v) is 3.00. The molecule has 0 bridgehead atoms. The minimum absolute atomic E-state index is 0.139. The number of benzene rings is 1. The largest absolute Gasteiger partial charge is 0.380 e. The molecule has 3 aromatic rings. The van der Waals surface area contributed by atoms with Gasteiger partial charge in [-0.1, -0.05) is 18.2 Å². The van der Waals surface area contributed by atoms with Crippen LogP contribution in [-0.2, 0) is 6.54 Å². The topological polar surface area (TPSA) is 68.1 Å². The molecule has 2 heterocycles. The third kappa shape index (κ3) is 3.12. The molecule has 0 saturated heterocycles. The Labute approximate surface area is 131 Å². The Morgan fingerprint density at radius 3 is 2.73 bits per heavy atom. The normalized spacial score (nSPS) is 10.4. The molecule has 0 saturated carbocycles. The van der Waals surface area contributed by atoms with Gasteiger partial charge in [-0.3, -0.25) is 15.1 Å². The van der Waals surface area contributed by atoms with Crippen molar-refractivity contribution in [3.63, 3.8) is 0 Å². The molecule has 6 heteroatoms. The van der Waals surface area contributed by atoms with Crippen LogP contribution in [0.5, 0.6) is 0 Å². The van der Waals surface area contributed by atoms with Crippen LogP contribution in [0.2, 0.25) is 0 Å². The van der Waals surface area contributed by atoms with Gasteiger partial charge >= 0.3 is 0 Å². The van der Waals surface area contributed by atoms with E-state index in [0.29, 0.717) is 12.1 Å². The van der Waals surface area contributed by atoms with E-state index in [0.717, 1.165) is 16.1 Å². The molecule has 0 amide bonds. The van der Waals surface area contributed by atoms with Gasteiger partial charge in [0.05, 0.1) is 4.92 Å². The second kappa shape index (κ2) is 6.36. The average Bonchev–Trinajstić information content (AvgIpc) is 3.03. The van der Waals surface area contributed by atoms with Gasteiger partial charge in [0.25, 0.3) is 5.69 Å². The quantitative estimate of drug-likeness (QED) is 0.562. The smallest absolute Gasteiger partial charge is 0.274 e. The Bertz CT molecular complexity index is 787. The van der Waals surface area contributed by atoms with Crippen molar-refractivity contribution < 1.29 is 4.92 Å². The van der Waals surface area contributed by atoms with Crippen LogP contribution in [0.1, 0.15) is 5.56 Å². The minimum Gasteiger partial charge on any atom is -0.380 e. The fraction of sp³-hybridized carbons (Fsp3) is 0.0625. The number of hydrogen-bond donors (Lipinski definition) is 1. The molecule has 1 N–H and O–H groups in total. The zero-order valence-electron chi connectivity index (χ0n) is 11.6. The molecule has 5 nitrogen and oxygen atoms in total. The summed E-state index contributed by atoms with van der Waals surface area (Å²) in [5.74, 6) is 0. The number of hydrogen-bond acceptors (Lipinski definition) is 5. The summed E-state index contributed by atoms with van der Waals surface area (Å²) in [4.78, 5) is 15.8. The van der Waals surface area contributed by atoms with Crippen molar-refractivity contribution in [2.75, 3.05) is 5.32 Å². The standard InChI is InChI=1S/C16H13N3O2S/c20-19(21)15-4-2-1-3-13(15)10-18-14-9-16(22-11-14)12-5-7-17-8-6-12/h1-9,11,18H,10H2. The molecule has 110 valence electrons. The molecule has 2 aromatic heterocycles. The van der Waals surface area contributed by atoms with Crippen LogP contribution in [-0.4, -0.2) is 9.91 Å². The van der Waals surface area contributed by atoms with Crippen LogP contribution in [0.4, 0.5) is 11.4 Å². The molecule has 0 unspecified atom stereocenters. The van der Waals surface area contributed by atoms with E-state index in [1.54, 1.807) is 41.9 Å². The molecule has 0 aliphatic rings.